The highest BCUT2D eigenvalue weighted by atomic mass is 79.9. The first-order valence-electron chi connectivity index (χ1n) is 6.41. The van der Waals surface area contributed by atoms with E-state index in [1.165, 1.54) is 5.56 Å². The fourth-order valence-corrected chi connectivity index (χ4v) is 2.30. The van der Waals surface area contributed by atoms with Crippen LogP contribution in [-0.4, -0.2) is 17.9 Å². The van der Waals surface area contributed by atoms with Crippen molar-refractivity contribution in [3.8, 4) is 0 Å². The molecule has 0 aliphatic rings. The number of nitrogens with zero attached hydrogens (tertiary/aromatic N) is 2. The monoisotopic (exact) mass is 332 g/mol. The van der Waals surface area contributed by atoms with Crippen molar-refractivity contribution in [3.05, 3.63) is 57.7 Å². The summed E-state index contributed by atoms with van der Waals surface area (Å²) in [5.74, 6) is 0.680. The molecule has 0 saturated carbocycles. The highest BCUT2D eigenvalue weighted by Gasteiger charge is 2.14. The van der Waals surface area contributed by atoms with Crippen molar-refractivity contribution in [2.45, 2.75) is 20.3 Å². The molecule has 1 amide bonds. The minimum Gasteiger partial charge on any atom is -0.300 e. The van der Waals surface area contributed by atoms with Crippen LogP contribution in [0.1, 0.15) is 16.7 Å². The first-order chi connectivity index (χ1) is 9.47. The summed E-state index contributed by atoms with van der Waals surface area (Å²) >= 11 is 3.39. The molecule has 0 atom stereocenters. The van der Waals surface area contributed by atoms with Crippen LogP contribution < -0.4 is 4.90 Å². The second-order valence-electron chi connectivity index (χ2n) is 4.89. The number of likely N-dealkylation sites (N-methyl/N-ethyl adjacent to an activating group) is 1. The van der Waals surface area contributed by atoms with Crippen LogP contribution in [0.5, 0.6) is 0 Å². The van der Waals surface area contributed by atoms with Gasteiger partial charge in [-0.3, -0.25) is 9.69 Å². The van der Waals surface area contributed by atoms with Gasteiger partial charge in [0.2, 0.25) is 5.91 Å². The molecule has 0 aliphatic heterocycles. The van der Waals surface area contributed by atoms with Crippen LogP contribution in [0.15, 0.2) is 41.0 Å². The fourth-order valence-electron chi connectivity index (χ4n) is 1.98. The Morgan fingerprint density at radius 3 is 2.70 bits per heavy atom. The Labute approximate surface area is 127 Å². The third kappa shape index (κ3) is 3.45. The molecular formula is C16H17BrN2O. The van der Waals surface area contributed by atoms with Crippen molar-refractivity contribution in [1.29, 1.82) is 0 Å². The van der Waals surface area contributed by atoms with Crippen molar-refractivity contribution in [2.75, 3.05) is 11.9 Å². The van der Waals surface area contributed by atoms with Crippen LogP contribution in [-0.2, 0) is 11.2 Å². The number of halogens is 1. The number of hydrogen-bond acceptors (Lipinski definition) is 2. The molecule has 1 aromatic heterocycles. The number of pyridine rings is 1. The third-order valence-corrected chi connectivity index (χ3v) is 3.76. The number of carbonyl (C=O) groups is 1. The number of aryl methyl sites for hydroxylation is 2. The fraction of sp³-hybridized carbons (Fsp3) is 0.250. The van der Waals surface area contributed by atoms with E-state index < -0.39 is 0 Å². The average molecular weight is 333 g/mol. The number of benzene rings is 1. The Balaban J connectivity index is 2.17. The van der Waals surface area contributed by atoms with Crippen molar-refractivity contribution in [2.24, 2.45) is 0 Å². The molecule has 0 radical (unpaired) electrons. The van der Waals surface area contributed by atoms with Crippen molar-refractivity contribution < 1.29 is 4.79 Å². The van der Waals surface area contributed by atoms with Gasteiger partial charge in [-0.05, 0) is 37.1 Å². The molecule has 0 saturated heterocycles. The Morgan fingerprint density at radius 1 is 1.25 bits per heavy atom. The van der Waals surface area contributed by atoms with Gasteiger partial charge in [-0.15, -0.1) is 0 Å². The van der Waals surface area contributed by atoms with E-state index in [-0.39, 0.29) is 5.91 Å². The summed E-state index contributed by atoms with van der Waals surface area (Å²) in [7, 11) is 1.75. The minimum absolute atomic E-state index is 0.0318. The molecule has 2 aromatic rings. The van der Waals surface area contributed by atoms with Gasteiger partial charge in [0.05, 0.1) is 6.42 Å². The van der Waals surface area contributed by atoms with E-state index in [2.05, 4.69) is 39.1 Å². The Morgan fingerprint density at radius 2 is 2.00 bits per heavy atom. The van der Waals surface area contributed by atoms with Gasteiger partial charge in [-0.2, -0.15) is 0 Å². The SMILES string of the molecule is Cc1ccc(C)c(CC(=O)N(C)c2cc(Br)ccn2)c1. The highest BCUT2D eigenvalue weighted by Crippen LogP contribution is 2.18. The van der Waals surface area contributed by atoms with E-state index in [9.17, 15) is 4.79 Å². The van der Waals surface area contributed by atoms with E-state index in [1.54, 1.807) is 18.1 Å². The van der Waals surface area contributed by atoms with Crippen LogP contribution in [0.2, 0.25) is 0 Å². The maximum atomic E-state index is 12.4. The highest BCUT2D eigenvalue weighted by molar-refractivity contribution is 9.10. The number of hydrogen-bond donors (Lipinski definition) is 0. The molecule has 0 fully saturated rings. The van der Waals surface area contributed by atoms with Gasteiger partial charge in [0.25, 0.3) is 0 Å². The Bertz CT molecular complexity index is 640. The van der Waals surface area contributed by atoms with Crippen LogP contribution in [0, 0.1) is 13.8 Å². The van der Waals surface area contributed by atoms with E-state index in [0.29, 0.717) is 12.2 Å². The normalized spacial score (nSPS) is 10.4. The van der Waals surface area contributed by atoms with E-state index in [1.807, 2.05) is 26.0 Å². The topological polar surface area (TPSA) is 33.2 Å². The molecule has 20 heavy (non-hydrogen) atoms. The summed E-state index contributed by atoms with van der Waals surface area (Å²) in [4.78, 5) is 18.2. The van der Waals surface area contributed by atoms with Crippen LogP contribution >= 0.6 is 15.9 Å². The molecule has 0 unspecified atom stereocenters. The Hall–Kier alpha value is -1.68. The summed E-state index contributed by atoms with van der Waals surface area (Å²) in [6.45, 7) is 4.06. The number of amides is 1. The summed E-state index contributed by atoms with van der Waals surface area (Å²) < 4.78 is 0.911. The van der Waals surface area contributed by atoms with E-state index >= 15 is 0 Å². The third-order valence-electron chi connectivity index (χ3n) is 3.27. The van der Waals surface area contributed by atoms with Gasteiger partial charge in [0, 0.05) is 17.7 Å². The molecule has 104 valence electrons. The summed E-state index contributed by atoms with van der Waals surface area (Å²) in [5, 5.41) is 0. The van der Waals surface area contributed by atoms with Gasteiger partial charge in [-0.1, -0.05) is 39.7 Å². The van der Waals surface area contributed by atoms with Crippen molar-refractivity contribution in [3.63, 3.8) is 0 Å². The van der Waals surface area contributed by atoms with Gasteiger partial charge in [0.1, 0.15) is 5.82 Å². The smallest absolute Gasteiger partial charge is 0.232 e. The van der Waals surface area contributed by atoms with Gasteiger partial charge in [-0.25, -0.2) is 4.98 Å². The van der Waals surface area contributed by atoms with Crippen LogP contribution in [0.3, 0.4) is 0 Å². The molecule has 0 spiro atoms. The molecular weight excluding hydrogens is 316 g/mol. The molecule has 0 N–H and O–H groups in total. The average Bonchev–Trinajstić information content (AvgIpc) is 2.42. The quantitative estimate of drug-likeness (QED) is 0.859. The molecule has 0 bridgehead atoms. The Kier molecular flexibility index (Phi) is 4.55. The standard InChI is InChI=1S/C16H17BrN2O/c1-11-4-5-12(2)13(8-11)9-16(20)19(3)15-10-14(17)6-7-18-15/h4-8,10H,9H2,1-3H3. The molecule has 0 aliphatic carbocycles. The van der Waals surface area contributed by atoms with E-state index in [0.717, 1.165) is 15.6 Å². The molecule has 2 rings (SSSR count). The lowest BCUT2D eigenvalue weighted by molar-refractivity contribution is -0.117. The largest absolute Gasteiger partial charge is 0.300 e. The summed E-state index contributed by atoms with van der Waals surface area (Å²) in [6.07, 6.45) is 2.07. The van der Waals surface area contributed by atoms with E-state index in [4.69, 9.17) is 0 Å². The second kappa shape index (κ2) is 6.18. The lowest BCUT2D eigenvalue weighted by Crippen LogP contribution is -2.28. The van der Waals surface area contributed by atoms with Crippen molar-refractivity contribution >= 4 is 27.7 Å². The van der Waals surface area contributed by atoms with Crippen LogP contribution in [0.25, 0.3) is 0 Å². The predicted molar refractivity (Wildman–Crippen MR) is 85.0 cm³/mol. The minimum atomic E-state index is 0.0318. The number of aromatic nitrogens is 1. The molecule has 3 nitrogen and oxygen atoms in total. The zero-order chi connectivity index (χ0) is 14.7. The van der Waals surface area contributed by atoms with Gasteiger partial charge >= 0.3 is 0 Å². The first kappa shape index (κ1) is 14.7. The number of anilines is 1. The van der Waals surface area contributed by atoms with Crippen molar-refractivity contribution in [1.82, 2.24) is 4.98 Å². The zero-order valence-corrected chi connectivity index (χ0v) is 13.4. The van der Waals surface area contributed by atoms with Gasteiger partial charge < -0.3 is 0 Å². The summed E-state index contributed by atoms with van der Waals surface area (Å²) in [6, 6.07) is 9.85. The molecule has 1 heterocycles. The predicted octanol–water partition coefficient (Wildman–Crippen LogP) is 3.67. The lowest BCUT2D eigenvalue weighted by atomic mass is 10.0. The second-order valence-corrected chi connectivity index (χ2v) is 5.81. The number of carbonyl (C=O) groups excluding carboxylic acids is 1. The first-order valence-corrected chi connectivity index (χ1v) is 7.21. The zero-order valence-electron chi connectivity index (χ0n) is 11.9. The number of rotatable bonds is 3. The molecule has 1 aromatic carbocycles. The lowest BCUT2D eigenvalue weighted by Gasteiger charge is -2.17. The summed E-state index contributed by atoms with van der Waals surface area (Å²) in [5.41, 5.74) is 3.37. The molecule has 4 heteroatoms. The maximum Gasteiger partial charge on any atom is 0.232 e. The van der Waals surface area contributed by atoms with Crippen LogP contribution in [0.4, 0.5) is 5.82 Å². The van der Waals surface area contributed by atoms with Gasteiger partial charge in [0.15, 0.2) is 0 Å². The maximum absolute atomic E-state index is 12.4.